The SMILES string of the molecule is NC(=O)C1CCCN(CC(C(=O)O)c2ccccc2)C1. The third-order valence-corrected chi connectivity index (χ3v) is 3.85. The van der Waals surface area contributed by atoms with Crippen LogP contribution in [0.4, 0.5) is 0 Å². The molecule has 2 atom stereocenters. The van der Waals surface area contributed by atoms with Crippen molar-refractivity contribution < 1.29 is 14.7 Å². The van der Waals surface area contributed by atoms with Crippen molar-refractivity contribution in [3.05, 3.63) is 35.9 Å². The van der Waals surface area contributed by atoms with Crippen LogP contribution in [0.5, 0.6) is 0 Å². The molecule has 1 amide bonds. The molecule has 1 aliphatic rings. The summed E-state index contributed by atoms with van der Waals surface area (Å²) in [5.41, 5.74) is 6.14. The Labute approximate surface area is 118 Å². The highest BCUT2D eigenvalue weighted by atomic mass is 16.4. The summed E-state index contributed by atoms with van der Waals surface area (Å²) >= 11 is 0. The minimum absolute atomic E-state index is 0.158. The molecule has 0 radical (unpaired) electrons. The Bertz CT molecular complexity index is 475. The van der Waals surface area contributed by atoms with E-state index in [1.807, 2.05) is 35.2 Å². The van der Waals surface area contributed by atoms with Gasteiger partial charge < -0.3 is 15.7 Å². The van der Waals surface area contributed by atoms with Crippen molar-refractivity contribution >= 4 is 11.9 Å². The molecule has 108 valence electrons. The summed E-state index contributed by atoms with van der Waals surface area (Å²) in [6.07, 6.45) is 1.68. The third kappa shape index (κ3) is 3.57. The van der Waals surface area contributed by atoms with E-state index in [9.17, 15) is 14.7 Å². The van der Waals surface area contributed by atoms with Crippen LogP contribution in [0.1, 0.15) is 24.3 Å². The number of likely N-dealkylation sites (tertiary alicyclic amines) is 1. The Morgan fingerprint density at radius 1 is 1.35 bits per heavy atom. The molecule has 0 aromatic heterocycles. The molecular formula is C15H20N2O3. The van der Waals surface area contributed by atoms with Gasteiger partial charge in [-0.3, -0.25) is 9.59 Å². The predicted octanol–water partition coefficient (Wildman–Crippen LogP) is 1.05. The standard InChI is InChI=1S/C15H20N2O3/c16-14(18)12-7-4-8-17(9-12)10-13(15(19)20)11-5-2-1-3-6-11/h1-3,5-6,12-13H,4,7-10H2,(H2,16,18)(H,19,20). The third-order valence-electron chi connectivity index (χ3n) is 3.85. The minimum Gasteiger partial charge on any atom is -0.481 e. The van der Waals surface area contributed by atoms with E-state index in [0.717, 1.165) is 24.9 Å². The first-order valence-corrected chi connectivity index (χ1v) is 6.87. The molecule has 0 saturated carbocycles. The predicted molar refractivity (Wildman–Crippen MR) is 75.2 cm³/mol. The number of nitrogens with zero attached hydrogens (tertiary/aromatic N) is 1. The smallest absolute Gasteiger partial charge is 0.312 e. The van der Waals surface area contributed by atoms with Crippen LogP contribution < -0.4 is 5.73 Å². The molecule has 1 saturated heterocycles. The van der Waals surface area contributed by atoms with Crippen LogP contribution >= 0.6 is 0 Å². The van der Waals surface area contributed by atoms with Crippen LogP contribution in [0.15, 0.2) is 30.3 Å². The second-order valence-corrected chi connectivity index (χ2v) is 5.30. The van der Waals surface area contributed by atoms with Crippen LogP contribution in [0.25, 0.3) is 0 Å². The number of nitrogens with two attached hydrogens (primary N) is 1. The molecule has 0 aliphatic carbocycles. The number of piperidine rings is 1. The maximum atomic E-state index is 11.5. The van der Waals surface area contributed by atoms with E-state index >= 15 is 0 Å². The van der Waals surface area contributed by atoms with Gasteiger partial charge >= 0.3 is 5.97 Å². The Morgan fingerprint density at radius 3 is 2.65 bits per heavy atom. The van der Waals surface area contributed by atoms with Crippen molar-refractivity contribution in [2.24, 2.45) is 11.7 Å². The van der Waals surface area contributed by atoms with Crippen molar-refractivity contribution in [3.63, 3.8) is 0 Å². The number of carboxylic acid groups (broad SMARTS) is 1. The number of carboxylic acids is 1. The molecule has 1 fully saturated rings. The molecule has 1 aromatic carbocycles. The van der Waals surface area contributed by atoms with Gasteiger partial charge in [0, 0.05) is 13.1 Å². The van der Waals surface area contributed by atoms with Crippen molar-refractivity contribution in [1.82, 2.24) is 4.90 Å². The zero-order valence-corrected chi connectivity index (χ0v) is 11.4. The molecule has 1 heterocycles. The average molecular weight is 276 g/mol. The molecule has 5 nitrogen and oxygen atoms in total. The largest absolute Gasteiger partial charge is 0.481 e. The lowest BCUT2D eigenvalue weighted by Crippen LogP contribution is -2.43. The molecule has 1 aromatic rings. The monoisotopic (exact) mass is 276 g/mol. The Hall–Kier alpha value is -1.88. The summed E-state index contributed by atoms with van der Waals surface area (Å²) in [4.78, 5) is 24.8. The van der Waals surface area contributed by atoms with E-state index in [0.29, 0.717) is 13.1 Å². The Balaban J connectivity index is 2.05. The van der Waals surface area contributed by atoms with Crippen LogP contribution in [0.3, 0.4) is 0 Å². The molecule has 1 aliphatic heterocycles. The lowest BCUT2D eigenvalue weighted by atomic mass is 9.94. The summed E-state index contributed by atoms with van der Waals surface area (Å²) in [6, 6.07) is 9.20. The van der Waals surface area contributed by atoms with E-state index < -0.39 is 11.9 Å². The fourth-order valence-electron chi connectivity index (χ4n) is 2.72. The van der Waals surface area contributed by atoms with Gasteiger partial charge in [0.2, 0.25) is 5.91 Å². The zero-order chi connectivity index (χ0) is 14.5. The lowest BCUT2D eigenvalue weighted by molar-refractivity contribution is -0.139. The minimum atomic E-state index is -0.836. The van der Waals surface area contributed by atoms with Crippen LogP contribution in [0.2, 0.25) is 0 Å². The normalized spacial score (nSPS) is 21.3. The number of aliphatic carboxylic acids is 1. The average Bonchev–Trinajstić information content (AvgIpc) is 2.45. The van der Waals surface area contributed by atoms with E-state index in [2.05, 4.69) is 0 Å². The first-order chi connectivity index (χ1) is 9.58. The van der Waals surface area contributed by atoms with E-state index in [1.54, 1.807) is 0 Å². The summed E-state index contributed by atoms with van der Waals surface area (Å²) in [5, 5.41) is 9.41. The Morgan fingerprint density at radius 2 is 2.05 bits per heavy atom. The summed E-state index contributed by atoms with van der Waals surface area (Å²) < 4.78 is 0. The molecule has 20 heavy (non-hydrogen) atoms. The van der Waals surface area contributed by atoms with Crippen molar-refractivity contribution in [3.8, 4) is 0 Å². The first-order valence-electron chi connectivity index (χ1n) is 6.87. The molecule has 5 heteroatoms. The number of hydrogen-bond acceptors (Lipinski definition) is 3. The zero-order valence-electron chi connectivity index (χ0n) is 11.4. The van der Waals surface area contributed by atoms with E-state index in [4.69, 9.17) is 5.73 Å². The van der Waals surface area contributed by atoms with Gasteiger partial charge in [0.25, 0.3) is 0 Å². The fourth-order valence-corrected chi connectivity index (χ4v) is 2.72. The van der Waals surface area contributed by atoms with Gasteiger partial charge in [0.05, 0.1) is 11.8 Å². The van der Waals surface area contributed by atoms with Gasteiger partial charge in [-0.2, -0.15) is 0 Å². The second-order valence-electron chi connectivity index (χ2n) is 5.30. The van der Waals surface area contributed by atoms with Gasteiger partial charge in [0.15, 0.2) is 0 Å². The highest BCUT2D eigenvalue weighted by Gasteiger charge is 2.28. The van der Waals surface area contributed by atoms with Gasteiger partial charge in [-0.15, -0.1) is 0 Å². The van der Waals surface area contributed by atoms with Crippen LogP contribution in [0, 0.1) is 5.92 Å². The maximum absolute atomic E-state index is 11.5. The molecule has 0 bridgehead atoms. The van der Waals surface area contributed by atoms with Crippen LogP contribution in [-0.2, 0) is 9.59 Å². The highest BCUT2D eigenvalue weighted by Crippen LogP contribution is 2.22. The van der Waals surface area contributed by atoms with Crippen molar-refractivity contribution in [2.75, 3.05) is 19.6 Å². The first kappa shape index (κ1) is 14.5. The topological polar surface area (TPSA) is 83.6 Å². The number of primary amides is 1. The number of carbonyl (C=O) groups is 2. The number of benzene rings is 1. The number of hydrogen-bond donors (Lipinski definition) is 2. The summed E-state index contributed by atoms with van der Waals surface area (Å²) in [6.45, 7) is 1.80. The fraction of sp³-hybridized carbons (Fsp3) is 0.467. The van der Waals surface area contributed by atoms with Gasteiger partial charge in [-0.05, 0) is 24.9 Å². The van der Waals surface area contributed by atoms with E-state index in [-0.39, 0.29) is 11.8 Å². The number of amides is 1. The van der Waals surface area contributed by atoms with Gasteiger partial charge in [0.1, 0.15) is 0 Å². The molecule has 3 N–H and O–H groups in total. The van der Waals surface area contributed by atoms with Gasteiger partial charge in [-0.25, -0.2) is 0 Å². The quantitative estimate of drug-likeness (QED) is 0.842. The second kappa shape index (κ2) is 6.52. The lowest BCUT2D eigenvalue weighted by Gasteiger charge is -2.32. The molecule has 2 rings (SSSR count). The summed E-state index contributed by atoms with van der Waals surface area (Å²) in [7, 11) is 0. The number of rotatable bonds is 5. The van der Waals surface area contributed by atoms with Crippen molar-refractivity contribution in [1.29, 1.82) is 0 Å². The maximum Gasteiger partial charge on any atom is 0.312 e. The molecule has 2 unspecified atom stereocenters. The molecule has 0 spiro atoms. The van der Waals surface area contributed by atoms with Crippen molar-refractivity contribution in [2.45, 2.75) is 18.8 Å². The van der Waals surface area contributed by atoms with Crippen LogP contribution in [-0.4, -0.2) is 41.5 Å². The van der Waals surface area contributed by atoms with E-state index in [1.165, 1.54) is 0 Å². The highest BCUT2D eigenvalue weighted by molar-refractivity contribution is 5.77. The molecular weight excluding hydrogens is 256 g/mol. The Kier molecular flexibility index (Phi) is 4.74. The number of carbonyl (C=O) groups excluding carboxylic acids is 1. The van der Waals surface area contributed by atoms with Gasteiger partial charge in [-0.1, -0.05) is 30.3 Å². The summed E-state index contributed by atoms with van der Waals surface area (Å²) in [5.74, 6) is -1.85.